The van der Waals surface area contributed by atoms with Crippen molar-refractivity contribution < 1.29 is 0 Å². The minimum absolute atomic E-state index is 0.210. The first kappa shape index (κ1) is 15.5. The van der Waals surface area contributed by atoms with Crippen molar-refractivity contribution in [2.75, 3.05) is 18.9 Å². The van der Waals surface area contributed by atoms with Crippen LogP contribution in [0.15, 0.2) is 33.9 Å². The van der Waals surface area contributed by atoms with Gasteiger partial charge in [0.15, 0.2) is 0 Å². The molecular formula is C16H21N5O2. The lowest BCUT2D eigenvalue weighted by atomic mass is 9.94. The highest BCUT2D eigenvalue weighted by Crippen LogP contribution is 2.21. The lowest BCUT2D eigenvalue weighted by Crippen LogP contribution is -2.44. The van der Waals surface area contributed by atoms with Crippen LogP contribution in [0, 0.1) is 0 Å². The molecule has 2 heterocycles. The summed E-state index contributed by atoms with van der Waals surface area (Å²) < 4.78 is 2.23. The maximum atomic E-state index is 12.1. The molecule has 0 saturated heterocycles. The second-order valence-electron chi connectivity index (χ2n) is 6.04. The third-order valence-corrected chi connectivity index (χ3v) is 4.44. The zero-order chi connectivity index (χ0) is 16.6. The first-order chi connectivity index (χ1) is 11.0. The first-order valence-corrected chi connectivity index (χ1v) is 7.62. The van der Waals surface area contributed by atoms with Crippen molar-refractivity contribution >= 4 is 5.82 Å². The monoisotopic (exact) mass is 315 g/mol. The summed E-state index contributed by atoms with van der Waals surface area (Å²) in [6, 6.07) is 8.69. The van der Waals surface area contributed by atoms with Crippen LogP contribution in [0.3, 0.4) is 0 Å². The molecule has 0 aliphatic carbocycles. The molecule has 2 aromatic rings. The van der Waals surface area contributed by atoms with E-state index in [1.54, 1.807) is 0 Å². The molecule has 0 bridgehead atoms. The van der Waals surface area contributed by atoms with Crippen LogP contribution in [0.2, 0.25) is 0 Å². The fourth-order valence-electron chi connectivity index (χ4n) is 2.97. The van der Waals surface area contributed by atoms with Crippen molar-refractivity contribution in [2.24, 2.45) is 14.1 Å². The molecule has 0 radical (unpaired) electrons. The van der Waals surface area contributed by atoms with Crippen molar-refractivity contribution in [1.29, 1.82) is 0 Å². The third-order valence-electron chi connectivity index (χ3n) is 4.44. The van der Waals surface area contributed by atoms with Gasteiger partial charge in [0.05, 0.1) is 0 Å². The van der Waals surface area contributed by atoms with Gasteiger partial charge in [-0.05, 0) is 24.6 Å². The summed E-state index contributed by atoms with van der Waals surface area (Å²) in [4.78, 5) is 26.0. The number of rotatable bonds is 3. The molecule has 3 rings (SSSR count). The Balaban J connectivity index is 1.77. The van der Waals surface area contributed by atoms with Crippen LogP contribution in [-0.4, -0.2) is 38.9 Å². The molecule has 1 atom stereocenters. The Bertz CT molecular complexity index is 839. The quantitative estimate of drug-likeness (QED) is 0.860. The van der Waals surface area contributed by atoms with Gasteiger partial charge in [0, 0.05) is 33.2 Å². The summed E-state index contributed by atoms with van der Waals surface area (Å²) in [5, 5.41) is 7.13. The Kier molecular flexibility index (Phi) is 4.04. The molecule has 122 valence electrons. The minimum Gasteiger partial charge on any atom is -0.362 e. The Morgan fingerprint density at radius 2 is 1.87 bits per heavy atom. The van der Waals surface area contributed by atoms with E-state index in [1.165, 1.54) is 29.9 Å². The lowest BCUT2D eigenvalue weighted by Gasteiger charge is -2.34. The van der Waals surface area contributed by atoms with E-state index in [-0.39, 0.29) is 11.9 Å². The number of benzene rings is 1. The maximum Gasteiger partial charge on any atom is 0.346 e. The van der Waals surface area contributed by atoms with Crippen LogP contribution >= 0.6 is 0 Å². The molecule has 23 heavy (non-hydrogen) atoms. The lowest BCUT2D eigenvalue weighted by molar-refractivity contribution is 0.224. The van der Waals surface area contributed by atoms with Gasteiger partial charge in [-0.1, -0.05) is 24.3 Å². The highest BCUT2D eigenvalue weighted by Gasteiger charge is 2.23. The zero-order valence-electron chi connectivity index (χ0n) is 13.6. The summed E-state index contributed by atoms with van der Waals surface area (Å²) in [6.07, 6.45) is 0.922. The predicted octanol–water partition coefficient (Wildman–Crippen LogP) is -0.0524. The molecule has 7 nitrogen and oxygen atoms in total. The van der Waals surface area contributed by atoms with Gasteiger partial charge in [0.1, 0.15) is 0 Å². The third kappa shape index (κ3) is 2.92. The molecule has 0 amide bonds. The molecule has 1 aromatic carbocycles. The van der Waals surface area contributed by atoms with E-state index in [9.17, 15) is 9.59 Å². The van der Waals surface area contributed by atoms with Crippen LogP contribution in [0.5, 0.6) is 0 Å². The minimum atomic E-state index is -0.427. The van der Waals surface area contributed by atoms with Gasteiger partial charge in [-0.3, -0.25) is 14.3 Å². The van der Waals surface area contributed by atoms with E-state index in [1.807, 2.05) is 0 Å². The SMILES string of the molecule is CN1Cc2ccccc2CC1CNc1nn(C)c(=O)n(C)c1=O. The number of likely N-dealkylation sites (N-methyl/N-ethyl adjacent to an activating group) is 1. The highest BCUT2D eigenvalue weighted by atomic mass is 16.2. The fraction of sp³-hybridized carbons (Fsp3) is 0.438. The molecule has 1 aromatic heterocycles. The normalized spacial score (nSPS) is 17.8. The average Bonchev–Trinajstić information content (AvgIpc) is 2.55. The smallest absolute Gasteiger partial charge is 0.346 e. The molecule has 0 saturated carbocycles. The number of nitrogens with zero attached hydrogens (tertiary/aromatic N) is 4. The molecular weight excluding hydrogens is 294 g/mol. The molecule has 1 aliphatic rings. The van der Waals surface area contributed by atoms with E-state index in [2.05, 4.69) is 46.6 Å². The molecule has 0 spiro atoms. The van der Waals surface area contributed by atoms with Crippen LogP contribution in [0.4, 0.5) is 5.82 Å². The Hall–Kier alpha value is -2.41. The highest BCUT2D eigenvalue weighted by molar-refractivity contribution is 5.33. The van der Waals surface area contributed by atoms with Crippen molar-refractivity contribution in [3.05, 3.63) is 56.2 Å². The van der Waals surface area contributed by atoms with Gasteiger partial charge in [0.25, 0.3) is 5.56 Å². The summed E-state index contributed by atoms with van der Waals surface area (Å²) in [6.45, 7) is 1.49. The standard InChI is InChI=1S/C16H21N5O2/c1-19-10-12-7-5-4-6-11(12)8-13(19)9-17-14-15(22)20(2)16(23)21(3)18-14/h4-7,13H,8-10H2,1-3H3,(H,17,18). The van der Waals surface area contributed by atoms with Crippen LogP contribution in [-0.2, 0) is 27.1 Å². The average molecular weight is 315 g/mol. The van der Waals surface area contributed by atoms with E-state index in [0.717, 1.165) is 17.5 Å². The van der Waals surface area contributed by atoms with Crippen molar-refractivity contribution in [3.8, 4) is 0 Å². The van der Waals surface area contributed by atoms with Gasteiger partial charge >= 0.3 is 5.69 Å². The van der Waals surface area contributed by atoms with Gasteiger partial charge in [-0.2, -0.15) is 0 Å². The molecule has 1 unspecified atom stereocenters. The van der Waals surface area contributed by atoms with Crippen molar-refractivity contribution in [2.45, 2.75) is 19.0 Å². The number of hydrogen-bond donors (Lipinski definition) is 1. The number of aromatic nitrogens is 3. The Morgan fingerprint density at radius 1 is 1.17 bits per heavy atom. The topological polar surface area (TPSA) is 72.2 Å². The van der Waals surface area contributed by atoms with E-state index >= 15 is 0 Å². The van der Waals surface area contributed by atoms with Crippen LogP contribution in [0.25, 0.3) is 0 Å². The number of hydrogen-bond acceptors (Lipinski definition) is 5. The molecule has 1 aliphatic heterocycles. The largest absolute Gasteiger partial charge is 0.362 e. The van der Waals surface area contributed by atoms with Gasteiger partial charge in [-0.25, -0.2) is 9.48 Å². The summed E-state index contributed by atoms with van der Waals surface area (Å²) in [5.41, 5.74) is 1.87. The fourth-order valence-corrected chi connectivity index (χ4v) is 2.97. The van der Waals surface area contributed by atoms with Crippen LogP contribution in [0.1, 0.15) is 11.1 Å². The van der Waals surface area contributed by atoms with Gasteiger partial charge < -0.3 is 5.32 Å². The summed E-state index contributed by atoms with van der Waals surface area (Å²) in [7, 11) is 5.07. The van der Waals surface area contributed by atoms with Crippen molar-refractivity contribution in [1.82, 2.24) is 19.2 Å². The van der Waals surface area contributed by atoms with Crippen molar-refractivity contribution in [3.63, 3.8) is 0 Å². The summed E-state index contributed by atoms with van der Waals surface area (Å²) >= 11 is 0. The second kappa shape index (κ2) is 6.00. The van der Waals surface area contributed by atoms with E-state index in [0.29, 0.717) is 6.54 Å². The zero-order valence-corrected chi connectivity index (χ0v) is 13.6. The predicted molar refractivity (Wildman–Crippen MR) is 88.6 cm³/mol. The Labute approximate surface area is 134 Å². The molecule has 0 fully saturated rings. The maximum absolute atomic E-state index is 12.1. The second-order valence-corrected chi connectivity index (χ2v) is 6.04. The number of anilines is 1. The van der Waals surface area contributed by atoms with Crippen LogP contribution < -0.4 is 16.6 Å². The van der Waals surface area contributed by atoms with Gasteiger partial charge in [-0.15, -0.1) is 5.10 Å². The number of aryl methyl sites for hydroxylation is 1. The number of fused-ring (bicyclic) bond motifs is 1. The molecule has 7 heteroatoms. The number of nitrogens with one attached hydrogen (secondary N) is 1. The first-order valence-electron chi connectivity index (χ1n) is 7.62. The molecule has 1 N–H and O–H groups in total. The van der Waals surface area contributed by atoms with E-state index in [4.69, 9.17) is 0 Å². The van der Waals surface area contributed by atoms with E-state index < -0.39 is 11.2 Å². The summed E-state index contributed by atoms with van der Waals surface area (Å²) in [5.74, 6) is 0.210. The Morgan fingerprint density at radius 3 is 2.61 bits per heavy atom. The van der Waals surface area contributed by atoms with Gasteiger partial charge in [0.2, 0.25) is 5.82 Å².